The van der Waals surface area contributed by atoms with Crippen LogP contribution in [0.2, 0.25) is 0 Å². The lowest BCUT2D eigenvalue weighted by atomic mass is 9.93. The van der Waals surface area contributed by atoms with Crippen LogP contribution >= 0.6 is 0 Å². The third-order valence-electron chi connectivity index (χ3n) is 2.80. The Morgan fingerprint density at radius 3 is 2.76 bits per heavy atom. The highest BCUT2D eigenvalue weighted by Gasteiger charge is 2.36. The van der Waals surface area contributed by atoms with Crippen molar-refractivity contribution in [1.82, 2.24) is 0 Å². The summed E-state index contributed by atoms with van der Waals surface area (Å²) < 4.78 is 10.1. The van der Waals surface area contributed by atoms with Gasteiger partial charge in [0.15, 0.2) is 0 Å². The minimum atomic E-state index is -0.367. The maximum Gasteiger partial charge on any atom is 0.306 e. The van der Waals surface area contributed by atoms with Crippen molar-refractivity contribution >= 4 is 11.9 Å². The van der Waals surface area contributed by atoms with Gasteiger partial charge in [-0.25, -0.2) is 0 Å². The topological polar surface area (TPSA) is 52.6 Å². The maximum atomic E-state index is 11.3. The first-order chi connectivity index (χ1) is 8.16. The number of benzene rings is 1. The Morgan fingerprint density at radius 2 is 2.12 bits per heavy atom. The summed E-state index contributed by atoms with van der Waals surface area (Å²) in [6.07, 6.45) is -0.0237. The molecule has 4 nitrogen and oxygen atoms in total. The molecule has 0 unspecified atom stereocenters. The quantitative estimate of drug-likeness (QED) is 0.746. The smallest absolute Gasteiger partial charge is 0.306 e. The molecule has 17 heavy (non-hydrogen) atoms. The van der Waals surface area contributed by atoms with E-state index in [1.807, 2.05) is 30.3 Å². The zero-order chi connectivity index (χ0) is 12.3. The molecule has 90 valence electrons. The van der Waals surface area contributed by atoms with Gasteiger partial charge in [0.1, 0.15) is 12.7 Å². The Hall–Kier alpha value is -1.84. The predicted molar refractivity (Wildman–Crippen MR) is 60.3 cm³/mol. The first kappa shape index (κ1) is 11.6. The van der Waals surface area contributed by atoms with Crippen LogP contribution in [0.3, 0.4) is 0 Å². The third kappa shape index (κ3) is 2.84. The Balaban J connectivity index is 2.09. The molecular weight excluding hydrogens is 220 g/mol. The molecule has 1 aliphatic rings. The van der Waals surface area contributed by atoms with E-state index in [-0.39, 0.29) is 30.6 Å². The second kappa shape index (κ2) is 4.99. The SMILES string of the molecule is CC(=O)OC[C@@H]1OC(=O)C[C@H]1c1ccccc1. The summed E-state index contributed by atoms with van der Waals surface area (Å²) in [6, 6.07) is 9.66. The molecule has 0 bridgehead atoms. The van der Waals surface area contributed by atoms with Gasteiger partial charge in [-0.15, -0.1) is 0 Å². The van der Waals surface area contributed by atoms with Gasteiger partial charge < -0.3 is 9.47 Å². The van der Waals surface area contributed by atoms with Gasteiger partial charge >= 0.3 is 11.9 Å². The molecule has 1 fully saturated rings. The molecule has 0 amide bonds. The van der Waals surface area contributed by atoms with Crippen LogP contribution in [0.4, 0.5) is 0 Å². The molecule has 2 atom stereocenters. The molecule has 0 saturated carbocycles. The molecule has 0 aliphatic carbocycles. The van der Waals surface area contributed by atoms with Gasteiger partial charge in [0.25, 0.3) is 0 Å². The number of ether oxygens (including phenoxy) is 2. The van der Waals surface area contributed by atoms with Gasteiger partial charge in [-0.1, -0.05) is 30.3 Å². The Kier molecular flexibility index (Phi) is 3.42. The summed E-state index contributed by atoms with van der Waals surface area (Å²) in [5.41, 5.74) is 1.04. The van der Waals surface area contributed by atoms with E-state index in [0.29, 0.717) is 6.42 Å². The van der Waals surface area contributed by atoms with Gasteiger partial charge in [0.05, 0.1) is 6.42 Å². The zero-order valence-electron chi connectivity index (χ0n) is 9.59. The number of hydrogen-bond acceptors (Lipinski definition) is 4. The fraction of sp³-hybridized carbons (Fsp3) is 0.385. The van der Waals surface area contributed by atoms with E-state index in [2.05, 4.69) is 0 Å². The molecular formula is C13H14O4. The van der Waals surface area contributed by atoms with E-state index in [0.717, 1.165) is 5.56 Å². The Bertz CT molecular complexity index is 413. The van der Waals surface area contributed by atoms with Crippen molar-refractivity contribution in [3.8, 4) is 0 Å². The predicted octanol–water partition coefficient (Wildman–Crippen LogP) is 1.65. The van der Waals surface area contributed by atoms with Gasteiger partial charge in [-0.05, 0) is 5.56 Å². The van der Waals surface area contributed by atoms with Crippen LogP contribution in [0, 0.1) is 0 Å². The van der Waals surface area contributed by atoms with Crippen LogP contribution in [0.1, 0.15) is 24.8 Å². The monoisotopic (exact) mass is 234 g/mol. The van der Waals surface area contributed by atoms with Crippen LogP contribution < -0.4 is 0 Å². The van der Waals surface area contributed by atoms with Gasteiger partial charge in [-0.3, -0.25) is 9.59 Å². The molecule has 1 heterocycles. The fourth-order valence-corrected chi connectivity index (χ4v) is 1.99. The first-order valence-corrected chi connectivity index (χ1v) is 5.54. The number of esters is 2. The highest BCUT2D eigenvalue weighted by atomic mass is 16.6. The van der Waals surface area contributed by atoms with Crippen LogP contribution in [-0.4, -0.2) is 24.6 Å². The van der Waals surface area contributed by atoms with Crippen LogP contribution in [0.15, 0.2) is 30.3 Å². The van der Waals surface area contributed by atoms with E-state index in [1.54, 1.807) is 0 Å². The lowest BCUT2D eigenvalue weighted by molar-refractivity contribution is -0.151. The third-order valence-corrected chi connectivity index (χ3v) is 2.80. The van der Waals surface area contributed by atoms with Crippen molar-refractivity contribution in [3.05, 3.63) is 35.9 Å². The molecule has 1 aliphatic heterocycles. The van der Waals surface area contributed by atoms with Crippen molar-refractivity contribution in [2.75, 3.05) is 6.61 Å². The second-order valence-electron chi connectivity index (χ2n) is 4.05. The number of rotatable bonds is 3. The largest absolute Gasteiger partial charge is 0.462 e. The van der Waals surface area contributed by atoms with E-state index < -0.39 is 0 Å². The number of cyclic esters (lactones) is 1. The first-order valence-electron chi connectivity index (χ1n) is 5.54. The standard InChI is InChI=1S/C13H14O4/c1-9(14)16-8-12-11(7-13(15)17-12)10-5-3-2-4-6-10/h2-6,11-12H,7-8H2,1H3/t11-,12-/m0/s1. The fourth-order valence-electron chi connectivity index (χ4n) is 1.99. The van der Waals surface area contributed by atoms with Crippen LogP contribution in [0.25, 0.3) is 0 Å². The minimum Gasteiger partial charge on any atom is -0.462 e. The molecule has 0 aromatic heterocycles. The minimum absolute atomic E-state index is 0.0250. The number of hydrogen-bond donors (Lipinski definition) is 0. The average molecular weight is 234 g/mol. The van der Waals surface area contributed by atoms with E-state index in [4.69, 9.17) is 9.47 Å². The van der Waals surface area contributed by atoms with Crippen LogP contribution in [0.5, 0.6) is 0 Å². The summed E-state index contributed by atoms with van der Waals surface area (Å²) in [4.78, 5) is 22.1. The van der Waals surface area contributed by atoms with Crippen molar-refractivity contribution in [3.63, 3.8) is 0 Å². The lowest BCUT2D eigenvalue weighted by Gasteiger charge is -2.17. The van der Waals surface area contributed by atoms with Gasteiger partial charge in [0.2, 0.25) is 0 Å². The highest BCUT2D eigenvalue weighted by molar-refractivity contribution is 5.73. The molecule has 0 spiro atoms. The Morgan fingerprint density at radius 1 is 1.41 bits per heavy atom. The lowest BCUT2D eigenvalue weighted by Crippen LogP contribution is -2.22. The van der Waals surface area contributed by atoms with Crippen molar-refractivity contribution in [1.29, 1.82) is 0 Å². The summed E-state index contributed by atoms with van der Waals surface area (Å²) in [7, 11) is 0. The number of carbonyl (C=O) groups is 2. The van der Waals surface area contributed by atoms with Crippen molar-refractivity contribution in [2.45, 2.75) is 25.4 Å². The van der Waals surface area contributed by atoms with Crippen molar-refractivity contribution in [2.24, 2.45) is 0 Å². The summed E-state index contributed by atoms with van der Waals surface area (Å²) >= 11 is 0. The summed E-state index contributed by atoms with van der Waals surface area (Å²) in [6.45, 7) is 1.47. The molecule has 2 rings (SSSR count). The van der Waals surface area contributed by atoms with E-state index in [9.17, 15) is 9.59 Å². The molecule has 1 aromatic rings. The maximum absolute atomic E-state index is 11.3. The van der Waals surface area contributed by atoms with E-state index in [1.165, 1.54) is 6.92 Å². The Labute approximate surface area is 99.5 Å². The molecule has 0 radical (unpaired) electrons. The summed E-state index contributed by atoms with van der Waals surface area (Å²) in [5.74, 6) is -0.626. The van der Waals surface area contributed by atoms with Crippen molar-refractivity contribution < 1.29 is 19.1 Å². The molecule has 1 saturated heterocycles. The normalized spacial score (nSPS) is 23.2. The van der Waals surface area contributed by atoms with Gasteiger partial charge in [-0.2, -0.15) is 0 Å². The summed E-state index contributed by atoms with van der Waals surface area (Å²) in [5, 5.41) is 0. The average Bonchev–Trinajstić information content (AvgIpc) is 2.69. The number of carbonyl (C=O) groups excluding carboxylic acids is 2. The zero-order valence-corrected chi connectivity index (χ0v) is 9.59. The molecule has 0 N–H and O–H groups in total. The second-order valence-corrected chi connectivity index (χ2v) is 4.05. The molecule has 1 aromatic carbocycles. The van der Waals surface area contributed by atoms with Gasteiger partial charge in [0, 0.05) is 12.8 Å². The molecule has 4 heteroatoms. The highest BCUT2D eigenvalue weighted by Crippen LogP contribution is 2.32. The van der Waals surface area contributed by atoms with Crippen LogP contribution in [-0.2, 0) is 19.1 Å². The van der Waals surface area contributed by atoms with E-state index >= 15 is 0 Å².